The van der Waals surface area contributed by atoms with Crippen molar-refractivity contribution in [1.82, 2.24) is 9.97 Å². The summed E-state index contributed by atoms with van der Waals surface area (Å²) in [7, 11) is 1.70. The normalized spacial score (nSPS) is 11.4. The van der Waals surface area contributed by atoms with E-state index in [0.29, 0.717) is 12.4 Å². The lowest BCUT2D eigenvalue weighted by Gasteiger charge is -2.22. The van der Waals surface area contributed by atoms with Crippen LogP contribution in [0, 0.1) is 0 Å². The van der Waals surface area contributed by atoms with Crippen molar-refractivity contribution >= 4 is 0 Å². The van der Waals surface area contributed by atoms with Crippen molar-refractivity contribution in [2.24, 2.45) is 5.73 Å². The third kappa shape index (κ3) is 2.96. The monoisotopic (exact) mass is 271 g/mol. The zero-order chi connectivity index (χ0) is 14.8. The van der Waals surface area contributed by atoms with E-state index in [2.05, 4.69) is 36.8 Å². The molecular weight excluding hydrogens is 250 g/mol. The molecule has 0 aliphatic carbocycles. The summed E-state index contributed by atoms with van der Waals surface area (Å²) in [6, 6.07) is 8.02. The topological polar surface area (TPSA) is 61.0 Å². The number of nitrogens with zero attached hydrogens (tertiary/aromatic N) is 2. The summed E-state index contributed by atoms with van der Waals surface area (Å²) < 4.78 is 5.45. The molecule has 0 radical (unpaired) electrons. The third-order valence-electron chi connectivity index (χ3n) is 3.19. The molecule has 1 aromatic carbocycles. The van der Waals surface area contributed by atoms with Crippen molar-refractivity contribution in [3.05, 3.63) is 41.9 Å². The molecule has 2 N–H and O–H groups in total. The molecule has 4 heteroatoms. The molecule has 4 nitrogen and oxygen atoms in total. The Labute approximate surface area is 120 Å². The number of ether oxygens (including phenoxy) is 1. The maximum Gasteiger partial charge on any atom is 0.142 e. The standard InChI is InChI=1S/C16H21N3O/c1-16(2,3)12-9-11(5-6-14(12)20-4)13-7-8-18-15(10-17)19-13/h5-9H,10,17H2,1-4H3. The van der Waals surface area contributed by atoms with Crippen LogP contribution in [-0.2, 0) is 12.0 Å². The largest absolute Gasteiger partial charge is 0.496 e. The SMILES string of the molecule is COc1ccc(-c2ccnc(CN)n2)cc1C(C)(C)C. The van der Waals surface area contributed by atoms with Crippen LogP contribution in [0.25, 0.3) is 11.3 Å². The van der Waals surface area contributed by atoms with E-state index in [1.807, 2.05) is 18.2 Å². The Morgan fingerprint density at radius 1 is 1.20 bits per heavy atom. The number of rotatable bonds is 3. The number of nitrogens with two attached hydrogens (primary N) is 1. The molecule has 0 spiro atoms. The number of hydrogen-bond acceptors (Lipinski definition) is 4. The number of aromatic nitrogens is 2. The van der Waals surface area contributed by atoms with Crippen molar-refractivity contribution < 1.29 is 4.74 Å². The molecule has 0 atom stereocenters. The van der Waals surface area contributed by atoms with E-state index in [4.69, 9.17) is 10.5 Å². The highest BCUT2D eigenvalue weighted by molar-refractivity contribution is 5.62. The number of benzene rings is 1. The van der Waals surface area contributed by atoms with Gasteiger partial charge in [0.25, 0.3) is 0 Å². The highest BCUT2D eigenvalue weighted by Gasteiger charge is 2.19. The van der Waals surface area contributed by atoms with E-state index in [-0.39, 0.29) is 5.41 Å². The molecule has 0 fully saturated rings. The molecule has 0 unspecified atom stereocenters. The molecule has 0 saturated carbocycles. The minimum atomic E-state index is 0.00504. The zero-order valence-electron chi connectivity index (χ0n) is 12.5. The maximum atomic E-state index is 5.60. The average Bonchev–Trinajstić information content (AvgIpc) is 2.45. The van der Waals surface area contributed by atoms with Gasteiger partial charge in [0.1, 0.15) is 11.6 Å². The molecule has 1 aromatic heterocycles. The van der Waals surface area contributed by atoms with Crippen LogP contribution in [0.4, 0.5) is 0 Å². The van der Waals surface area contributed by atoms with E-state index < -0.39 is 0 Å². The summed E-state index contributed by atoms with van der Waals surface area (Å²) in [5.74, 6) is 1.55. The molecule has 0 aliphatic heterocycles. The third-order valence-corrected chi connectivity index (χ3v) is 3.19. The van der Waals surface area contributed by atoms with E-state index in [1.165, 1.54) is 0 Å². The van der Waals surface area contributed by atoms with Crippen molar-refractivity contribution in [2.75, 3.05) is 7.11 Å². The van der Waals surface area contributed by atoms with Gasteiger partial charge in [-0.15, -0.1) is 0 Å². The van der Waals surface area contributed by atoms with Crippen molar-refractivity contribution in [2.45, 2.75) is 32.7 Å². The summed E-state index contributed by atoms with van der Waals surface area (Å²) in [6.07, 6.45) is 1.74. The van der Waals surface area contributed by atoms with Crippen LogP contribution < -0.4 is 10.5 Å². The Balaban J connectivity index is 2.53. The van der Waals surface area contributed by atoms with Crippen LogP contribution in [0.1, 0.15) is 32.2 Å². The lowest BCUT2D eigenvalue weighted by atomic mass is 9.85. The Bertz CT molecular complexity index is 603. The Morgan fingerprint density at radius 3 is 2.55 bits per heavy atom. The zero-order valence-corrected chi connectivity index (χ0v) is 12.5. The van der Waals surface area contributed by atoms with Gasteiger partial charge in [-0.05, 0) is 29.7 Å². The maximum absolute atomic E-state index is 5.60. The fraction of sp³-hybridized carbons (Fsp3) is 0.375. The van der Waals surface area contributed by atoms with Gasteiger partial charge >= 0.3 is 0 Å². The first kappa shape index (κ1) is 14.5. The van der Waals surface area contributed by atoms with Crippen LogP contribution in [0.15, 0.2) is 30.5 Å². The molecule has 1 heterocycles. The van der Waals surface area contributed by atoms with Crippen molar-refractivity contribution in [3.8, 4) is 17.0 Å². The second-order valence-electron chi connectivity index (χ2n) is 5.73. The molecule has 2 aromatic rings. The Morgan fingerprint density at radius 2 is 1.95 bits per heavy atom. The predicted molar refractivity (Wildman–Crippen MR) is 80.6 cm³/mol. The molecule has 106 valence electrons. The van der Waals surface area contributed by atoms with Gasteiger partial charge in [-0.1, -0.05) is 20.8 Å². The molecule has 0 bridgehead atoms. The second kappa shape index (κ2) is 5.59. The summed E-state index contributed by atoms with van der Waals surface area (Å²) in [6.45, 7) is 6.84. The average molecular weight is 271 g/mol. The fourth-order valence-electron chi connectivity index (χ4n) is 2.11. The van der Waals surface area contributed by atoms with Gasteiger partial charge < -0.3 is 10.5 Å². The fourth-order valence-corrected chi connectivity index (χ4v) is 2.11. The smallest absolute Gasteiger partial charge is 0.142 e. The van der Waals surface area contributed by atoms with Gasteiger partial charge in [-0.25, -0.2) is 9.97 Å². The molecule has 20 heavy (non-hydrogen) atoms. The molecular formula is C16H21N3O. The minimum Gasteiger partial charge on any atom is -0.496 e. The lowest BCUT2D eigenvalue weighted by Crippen LogP contribution is -2.13. The van der Waals surface area contributed by atoms with Crippen molar-refractivity contribution in [1.29, 1.82) is 0 Å². The van der Waals surface area contributed by atoms with Gasteiger partial charge in [0.15, 0.2) is 0 Å². The van der Waals surface area contributed by atoms with Crippen molar-refractivity contribution in [3.63, 3.8) is 0 Å². The summed E-state index contributed by atoms with van der Waals surface area (Å²) in [5, 5.41) is 0. The predicted octanol–water partition coefficient (Wildman–Crippen LogP) is 2.91. The van der Waals surface area contributed by atoms with Gasteiger partial charge in [0, 0.05) is 17.3 Å². The number of hydrogen-bond donors (Lipinski definition) is 1. The quantitative estimate of drug-likeness (QED) is 0.932. The Hall–Kier alpha value is -1.94. The molecule has 0 saturated heterocycles. The van der Waals surface area contributed by atoms with Gasteiger partial charge in [0.2, 0.25) is 0 Å². The van der Waals surface area contributed by atoms with Crippen LogP contribution >= 0.6 is 0 Å². The highest BCUT2D eigenvalue weighted by atomic mass is 16.5. The first-order valence-corrected chi connectivity index (χ1v) is 6.66. The van der Waals surface area contributed by atoms with E-state index in [9.17, 15) is 0 Å². The number of methoxy groups -OCH3 is 1. The second-order valence-corrected chi connectivity index (χ2v) is 5.73. The van der Waals surface area contributed by atoms with Crippen LogP contribution in [-0.4, -0.2) is 17.1 Å². The van der Waals surface area contributed by atoms with Crippen LogP contribution in [0.3, 0.4) is 0 Å². The van der Waals surface area contributed by atoms with Gasteiger partial charge in [-0.2, -0.15) is 0 Å². The van der Waals surface area contributed by atoms with Crippen LogP contribution in [0.2, 0.25) is 0 Å². The van der Waals surface area contributed by atoms with Gasteiger partial charge in [-0.3, -0.25) is 0 Å². The molecule has 0 aliphatic rings. The first-order valence-electron chi connectivity index (χ1n) is 6.66. The lowest BCUT2D eigenvalue weighted by molar-refractivity contribution is 0.397. The van der Waals surface area contributed by atoms with Crippen LogP contribution in [0.5, 0.6) is 5.75 Å². The van der Waals surface area contributed by atoms with E-state index in [1.54, 1.807) is 13.3 Å². The molecule has 2 rings (SSSR count). The first-order chi connectivity index (χ1) is 9.45. The minimum absolute atomic E-state index is 0.00504. The Kier molecular flexibility index (Phi) is 4.04. The summed E-state index contributed by atoms with van der Waals surface area (Å²) in [5.41, 5.74) is 8.69. The summed E-state index contributed by atoms with van der Waals surface area (Å²) >= 11 is 0. The molecule has 0 amide bonds. The van der Waals surface area contributed by atoms with Gasteiger partial charge in [0.05, 0.1) is 19.3 Å². The van der Waals surface area contributed by atoms with E-state index in [0.717, 1.165) is 22.6 Å². The summed E-state index contributed by atoms with van der Waals surface area (Å²) in [4.78, 5) is 8.59. The van der Waals surface area contributed by atoms with E-state index >= 15 is 0 Å². The highest BCUT2D eigenvalue weighted by Crippen LogP contribution is 2.34.